The number of hydrogen-bond donors (Lipinski definition) is 2. The first-order chi connectivity index (χ1) is 9.06. The van der Waals surface area contributed by atoms with Crippen molar-refractivity contribution >= 4 is 38.8 Å². The molecule has 5 nitrogen and oxygen atoms in total. The van der Waals surface area contributed by atoms with Crippen molar-refractivity contribution in [3.63, 3.8) is 0 Å². The number of halogens is 1. The lowest BCUT2D eigenvalue weighted by molar-refractivity contribution is 0.234. The minimum atomic E-state index is 0.0262. The van der Waals surface area contributed by atoms with Gasteiger partial charge in [0.25, 0.3) is 0 Å². The molecular formula is C12H15BrN4OS. The fraction of sp³-hybridized carbons (Fsp3) is 0.333. The first-order valence-corrected chi connectivity index (χ1v) is 7.47. The van der Waals surface area contributed by atoms with Crippen LogP contribution in [0.15, 0.2) is 22.2 Å². The summed E-state index contributed by atoms with van der Waals surface area (Å²) in [4.78, 5) is 9.36. The Balaban J connectivity index is 2.08. The summed E-state index contributed by atoms with van der Waals surface area (Å²) >= 11 is 5.09. The lowest BCUT2D eigenvalue weighted by atomic mass is 10.4. The van der Waals surface area contributed by atoms with Crippen LogP contribution in [0.2, 0.25) is 0 Å². The predicted octanol–water partition coefficient (Wildman–Crippen LogP) is 3.28. The van der Waals surface area contributed by atoms with E-state index in [2.05, 4.69) is 37.3 Å². The zero-order chi connectivity index (χ0) is 13.8. The molecule has 0 saturated heterocycles. The Morgan fingerprint density at radius 3 is 2.89 bits per heavy atom. The van der Waals surface area contributed by atoms with E-state index < -0.39 is 0 Å². The Morgan fingerprint density at radius 1 is 1.47 bits per heavy atom. The summed E-state index contributed by atoms with van der Waals surface area (Å²) in [6, 6.07) is 2.06. The third kappa shape index (κ3) is 3.81. The largest absolute Gasteiger partial charge is 0.473 e. The van der Waals surface area contributed by atoms with Gasteiger partial charge in [-0.15, -0.1) is 11.3 Å². The summed E-state index contributed by atoms with van der Waals surface area (Å²) in [5.74, 6) is 1.01. The predicted molar refractivity (Wildman–Crippen MR) is 81.6 cm³/mol. The minimum absolute atomic E-state index is 0.0262. The fourth-order valence-corrected chi connectivity index (χ4v) is 2.85. The number of nitrogens with one attached hydrogen (secondary N) is 1. The highest BCUT2D eigenvalue weighted by molar-refractivity contribution is 9.10. The van der Waals surface area contributed by atoms with E-state index in [1.807, 2.05) is 19.2 Å². The maximum atomic E-state index is 5.98. The molecule has 19 heavy (non-hydrogen) atoms. The minimum Gasteiger partial charge on any atom is -0.473 e. The molecule has 0 saturated carbocycles. The Kier molecular flexibility index (Phi) is 4.60. The Morgan fingerprint density at radius 2 is 2.26 bits per heavy atom. The van der Waals surface area contributed by atoms with Crippen LogP contribution in [0.4, 0.5) is 11.5 Å². The van der Waals surface area contributed by atoms with Gasteiger partial charge in [0.05, 0.1) is 12.6 Å². The van der Waals surface area contributed by atoms with Gasteiger partial charge in [0, 0.05) is 14.7 Å². The zero-order valence-electron chi connectivity index (χ0n) is 10.7. The summed E-state index contributed by atoms with van der Waals surface area (Å²) in [7, 11) is 0. The van der Waals surface area contributed by atoms with Crippen LogP contribution in [-0.4, -0.2) is 16.1 Å². The highest BCUT2D eigenvalue weighted by atomic mass is 79.9. The molecule has 0 unspecified atom stereocenters. The van der Waals surface area contributed by atoms with E-state index in [0.717, 1.165) is 4.47 Å². The number of aromatic nitrogens is 2. The molecule has 0 aromatic carbocycles. The maximum absolute atomic E-state index is 5.98. The second kappa shape index (κ2) is 6.21. The van der Waals surface area contributed by atoms with Crippen molar-refractivity contribution in [3.05, 3.63) is 27.1 Å². The van der Waals surface area contributed by atoms with Crippen LogP contribution in [0.5, 0.6) is 5.88 Å². The molecule has 0 atom stereocenters. The number of thiophene rings is 1. The van der Waals surface area contributed by atoms with Gasteiger partial charge in [0.15, 0.2) is 5.82 Å². The van der Waals surface area contributed by atoms with E-state index in [9.17, 15) is 0 Å². The van der Waals surface area contributed by atoms with Crippen LogP contribution >= 0.6 is 27.3 Å². The average Bonchev–Trinajstić information content (AvgIpc) is 2.76. The van der Waals surface area contributed by atoms with Crippen LogP contribution in [0.1, 0.15) is 18.7 Å². The lowest BCUT2D eigenvalue weighted by Crippen LogP contribution is -2.11. The highest BCUT2D eigenvalue weighted by Crippen LogP contribution is 2.27. The quantitative estimate of drug-likeness (QED) is 0.872. The smallest absolute Gasteiger partial charge is 0.242 e. The van der Waals surface area contributed by atoms with E-state index in [4.69, 9.17) is 10.5 Å². The standard InChI is InChI=1S/C12H15BrN4OS/c1-7(2)18-12-10(14)11(16-6-17-12)15-4-9-3-8(13)5-19-9/h3,5-7H,4,14H2,1-2H3,(H,15,16,17). The third-order valence-electron chi connectivity index (χ3n) is 2.25. The second-order valence-corrected chi connectivity index (χ2v) is 6.10. The third-order valence-corrected chi connectivity index (χ3v) is 3.94. The molecule has 2 heterocycles. The van der Waals surface area contributed by atoms with Gasteiger partial charge < -0.3 is 15.8 Å². The fourth-order valence-electron chi connectivity index (χ4n) is 1.45. The van der Waals surface area contributed by atoms with Gasteiger partial charge in [-0.3, -0.25) is 0 Å². The van der Waals surface area contributed by atoms with E-state index in [1.165, 1.54) is 11.2 Å². The van der Waals surface area contributed by atoms with Crippen LogP contribution in [0.25, 0.3) is 0 Å². The molecule has 0 aliphatic heterocycles. The van der Waals surface area contributed by atoms with Gasteiger partial charge >= 0.3 is 0 Å². The second-order valence-electron chi connectivity index (χ2n) is 4.19. The van der Waals surface area contributed by atoms with Gasteiger partial charge in [-0.05, 0) is 35.8 Å². The molecule has 7 heteroatoms. The van der Waals surface area contributed by atoms with Crippen molar-refractivity contribution in [2.75, 3.05) is 11.1 Å². The molecule has 0 fully saturated rings. The van der Waals surface area contributed by atoms with Crippen LogP contribution in [-0.2, 0) is 6.54 Å². The summed E-state index contributed by atoms with van der Waals surface area (Å²) in [6.45, 7) is 4.52. The molecule has 0 bridgehead atoms. The molecule has 0 amide bonds. The molecule has 102 valence electrons. The molecule has 2 rings (SSSR count). The normalized spacial score (nSPS) is 10.7. The first-order valence-electron chi connectivity index (χ1n) is 5.80. The van der Waals surface area contributed by atoms with Crippen molar-refractivity contribution in [1.82, 2.24) is 9.97 Å². The molecule has 2 aromatic heterocycles. The molecule has 2 aromatic rings. The SMILES string of the molecule is CC(C)Oc1ncnc(NCc2cc(Br)cs2)c1N. The van der Waals surface area contributed by atoms with E-state index >= 15 is 0 Å². The topological polar surface area (TPSA) is 73.1 Å². The lowest BCUT2D eigenvalue weighted by Gasteiger charge is -2.13. The number of nitrogen functional groups attached to an aromatic ring is 1. The Hall–Kier alpha value is -1.34. The summed E-state index contributed by atoms with van der Waals surface area (Å²) in [5, 5.41) is 5.23. The number of anilines is 2. The number of nitrogens with zero attached hydrogens (tertiary/aromatic N) is 2. The molecule has 0 spiro atoms. The highest BCUT2D eigenvalue weighted by Gasteiger charge is 2.10. The monoisotopic (exact) mass is 342 g/mol. The van der Waals surface area contributed by atoms with E-state index in [1.54, 1.807) is 11.3 Å². The van der Waals surface area contributed by atoms with Crippen molar-refractivity contribution in [2.24, 2.45) is 0 Å². The van der Waals surface area contributed by atoms with Gasteiger partial charge in [0.2, 0.25) is 5.88 Å². The summed E-state index contributed by atoms with van der Waals surface area (Å²) < 4.78 is 6.60. The van der Waals surface area contributed by atoms with Crippen LogP contribution in [0, 0.1) is 0 Å². The van der Waals surface area contributed by atoms with Gasteiger partial charge in [-0.25, -0.2) is 4.98 Å². The molecule has 0 aliphatic carbocycles. The van der Waals surface area contributed by atoms with Crippen molar-refractivity contribution < 1.29 is 4.74 Å². The average molecular weight is 343 g/mol. The van der Waals surface area contributed by atoms with Gasteiger partial charge in [-0.1, -0.05) is 0 Å². The molecule has 0 aliphatic rings. The number of rotatable bonds is 5. The molecule has 0 radical (unpaired) electrons. The summed E-state index contributed by atoms with van der Waals surface area (Å²) in [5.41, 5.74) is 6.42. The van der Waals surface area contributed by atoms with Gasteiger partial charge in [0.1, 0.15) is 12.0 Å². The number of ether oxygens (including phenoxy) is 1. The number of nitrogens with two attached hydrogens (primary N) is 1. The maximum Gasteiger partial charge on any atom is 0.242 e. The molecule has 3 N–H and O–H groups in total. The van der Waals surface area contributed by atoms with E-state index in [0.29, 0.717) is 23.9 Å². The Labute approximate surface area is 124 Å². The summed E-state index contributed by atoms with van der Waals surface area (Å²) in [6.07, 6.45) is 1.47. The zero-order valence-corrected chi connectivity index (χ0v) is 13.1. The van der Waals surface area contributed by atoms with Crippen LogP contribution < -0.4 is 15.8 Å². The van der Waals surface area contributed by atoms with Crippen molar-refractivity contribution in [3.8, 4) is 5.88 Å². The van der Waals surface area contributed by atoms with Gasteiger partial charge in [-0.2, -0.15) is 4.98 Å². The number of hydrogen-bond acceptors (Lipinski definition) is 6. The van der Waals surface area contributed by atoms with Crippen molar-refractivity contribution in [2.45, 2.75) is 26.5 Å². The van der Waals surface area contributed by atoms with E-state index in [-0.39, 0.29) is 6.10 Å². The first kappa shape index (κ1) is 14.1. The molecular weight excluding hydrogens is 328 g/mol. The van der Waals surface area contributed by atoms with Crippen molar-refractivity contribution in [1.29, 1.82) is 0 Å². The Bertz CT molecular complexity index is 558. The van der Waals surface area contributed by atoms with Crippen LogP contribution in [0.3, 0.4) is 0 Å².